The molecule has 4 heteroatoms. The fourth-order valence-corrected chi connectivity index (χ4v) is 2.28. The topological polar surface area (TPSA) is 34.1 Å². The molecule has 0 saturated heterocycles. The van der Waals surface area contributed by atoms with E-state index < -0.39 is 0 Å². The van der Waals surface area contributed by atoms with E-state index in [0.29, 0.717) is 0 Å². The van der Waals surface area contributed by atoms with Crippen molar-refractivity contribution in [1.82, 2.24) is 4.98 Å². The lowest BCUT2D eigenvalue weighted by molar-refractivity contribution is 0.412. The molecule has 0 aliphatic carbocycles. The van der Waals surface area contributed by atoms with Gasteiger partial charge in [-0.1, -0.05) is 0 Å². The van der Waals surface area contributed by atoms with Crippen LogP contribution in [0.2, 0.25) is 0 Å². The molecule has 1 N–H and O–H groups in total. The summed E-state index contributed by atoms with van der Waals surface area (Å²) in [6.45, 7) is 2.12. The van der Waals surface area contributed by atoms with Crippen molar-refractivity contribution in [2.24, 2.45) is 0 Å². The Morgan fingerprint density at radius 1 is 1.22 bits per heavy atom. The van der Waals surface area contributed by atoms with Crippen LogP contribution in [0.1, 0.15) is 18.5 Å². The predicted octanol–water partition coefficient (Wildman–Crippen LogP) is 4.03. The summed E-state index contributed by atoms with van der Waals surface area (Å²) in [5, 5.41) is 3.44. The van der Waals surface area contributed by atoms with E-state index in [4.69, 9.17) is 4.74 Å². The molecule has 1 atom stereocenters. The second-order valence-corrected chi connectivity index (χ2v) is 4.85. The maximum absolute atomic E-state index is 5.21. The minimum atomic E-state index is 0.230. The average Bonchev–Trinajstić information content (AvgIpc) is 2.40. The number of anilines is 1. The van der Waals surface area contributed by atoms with Crippen molar-refractivity contribution >= 4 is 21.6 Å². The summed E-state index contributed by atoms with van der Waals surface area (Å²) >= 11 is 3.48. The molecule has 0 aliphatic rings. The number of benzene rings is 1. The van der Waals surface area contributed by atoms with Crippen LogP contribution in [0.15, 0.2) is 47.2 Å². The van der Waals surface area contributed by atoms with E-state index in [1.165, 1.54) is 5.56 Å². The lowest BCUT2D eigenvalue weighted by Gasteiger charge is -2.16. The Kier molecular flexibility index (Phi) is 4.20. The second-order valence-electron chi connectivity index (χ2n) is 4.00. The van der Waals surface area contributed by atoms with E-state index in [0.717, 1.165) is 15.9 Å². The summed E-state index contributed by atoms with van der Waals surface area (Å²) in [7, 11) is 1.66. The maximum Gasteiger partial charge on any atom is 0.133 e. The number of pyridine rings is 1. The van der Waals surface area contributed by atoms with Crippen LogP contribution in [0.4, 0.5) is 5.69 Å². The monoisotopic (exact) mass is 306 g/mol. The molecule has 3 nitrogen and oxygen atoms in total. The molecule has 2 aromatic rings. The van der Waals surface area contributed by atoms with Crippen molar-refractivity contribution in [3.63, 3.8) is 0 Å². The summed E-state index contributed by atoms with van der Waals surface area (Å²) in [6, 6.07) is 10.2. The minimum Gasteiger partial charge on any atom is -0.496 e. The molecule has 0 aliphatic heterocycles. The van der Waals surface area contributed by atoms with Crippen LogP contribution in [0.25, 0.3) is 0 Å². The van der Waals surface area contributed by atoms with Gasteiger partial charge in [0.2, 0.25) is 0 Å². The zero-order valence-electron chi connectivity index (χ0n) is 10.4. The van der Waals surface area contributed by atoms with Crippen molar-refractivity contribution < 1.29 is 4.74 Å². The summed E-state index contributed by atoms with van der Waals surface area (Å²) < 4.78 is 6.15. The molecule has 2 rings (SSSR count). The molecule has 1 aromatic carbocycles. The highest BCUT2D eigenvalue weighted by Gasteiger charge is 2.06. The lowest BCUT2D eigenvalue weighted by Crippen LogP contribution is -2.06. The number of rotatable bonds is 4. The van der Waals surface area contributed by atoms with Gasteiger partial charge in [0.05, 0.1) is 11.6 Å². The number of hydrogen-bond donors (Lipinski definition) is 1. The summed E-state index contributed by atoms with van der Waals surface area (Å²) in [4.78, 5) is 4.02. The van der Waals surface area contributed by atoms with E-state index in [-0.39, 0.29) is 6.04 Å². The Morgan fingerprint density at radius 3 is 2.56 bits per heavy atom. The first-order chi connectivity index (χ1) is 8.70. The third-order valence-corrected chi connectivity index (χ3v) is 3.36. The molecule has 0 spiro atoms. The van der Waals surface area contributed by atoms with Crippen LogP contribution < -0.4 is 10.1 Å². The van der Waals surface area contributed by atoms with Gasteiger partial charge in [0.15, 0.2) is 0 Å². The Bertz CT molecular complexity index is 516. The first-order valence-electron chi connectivity index (χ1n) is 5.70. The quantitative estimate of drug-likeness (QED) is 0.926. The van der Waals surface area contributed by atoms with Crippen molar-refractivity contribution in [2.75, 3.05) is 12.4 Å². The normalized spacial score (nSPS) is 11.9. The number of aromatic nitrogens is 1. The van der Waals surface area contributed by atoms with E-state index in [1.807, 2.05) is 30.3 Å². The number of nitrogens with one attached hydrogen (secondary N) is 1. The average molecular weight is 307 g/mol. The predicted molar refractivity (Wildman–Crippen MR) is 77.0 cm³/mol. The van der Waals surface area contributed by atoms with Crippen LogP contribution in [-0.4, -0.2) is 12.1 Å². The number of hydrogen-bond acceptors (Lipinski definition) is 3. The van der Waals surface area contributed by atoms with E-state index in [9.17, 15) is 0 Å². The first kappa shape index (κ1) is 12.9. The Labute approximate surface area is 115 Å². The van der Waals surface area contributed by atoms with Gasteiger partial charge in [0.1, 0.15) is 5.75 Å². The summed E-state index contributed by atoms with van der Waals surface area (Å²) in [5.41, 5.74) is 2.25. The standard InChI is InChI=1S/C14H15BrN2O/c1-10(11-5-7-16-8-6-11)17-12-3-4-14(18-2)13(15)9-12/h3-10,17H,1-2H3. The van der Waals surface area contributed by atoms with Gasteiger partial charge in [0, 0.05) is 24.1 Å². The molecule has 1 unspecified atom stereocenters. The Morgan fingerprint density at radius 2 is 1.94 bits per heavy atom. The minimum absolute atomic E-state index is 0.230. The maximum atomic E-state index is 5.21. The Balaban J connectivity index is 2.12. The van der Waals surface area contributed by atoms with Gasteiger partial charge in [-0.2, -0.15) is 0 Å². The molecule has 1 aromatic heterocycles. The second kappa shape index (κ2) is 5.87. The van der Waals surface area contributed by atoms with E-state index >= 15 is 0 Å². The largest absolute Gasteiger partial charge is 0.496 e. The van der Waals surface area contributed by atoms with Gasteiger partial charge in [-0.3, -0.25) is 4.98 Å². The number of methoxy groups -OCH3 is 1. The van der Waals surface area contributed by atoms with Crippen LogP contribution >= 0.6 is 15.9 Å². The fraction of sp³-hybridized carbons (Fsp3) is 0.214. The molecule has 0 radical (unpaired) electrons. The lowest BCUT2D eigenvalue weighted by atomic mass is 10.1. The molecule has 0 saturated carbocycles. The van der Waals surface area contributed by atoms with Gasteiger partial charge in [-0.05, 0) is 58.7 Å². The van der Waals surface area contributed by atoms with Crippen LogP contribution in [0.5, 0.6) is 5.75 Å². The molecular weight excluding hydrogens is 292 g/mol. The third-order valence-electron chi connectivity index (χ3n) is 2.74. The van der Waals surface area contributed by atoms with Gasteiger partial charge in [-0.15, -0.1) is 0 Å². The van der Waals surface area contributed by atoms with Gasteiger partial charge < -0.3 is 10.1 Å². The highest BCUT2D eigenvalue weighted by Crippen LogP contribution is 2.29. The number of halogens is 1. The molecule has 94 valence electrons. The van der Waals surface area contributed by atoms with E-state index in [1.54, 1.807) is 19.5 Å². The van der Waals surface area contributed by atoms with Crippen LogP contribution in [0.3, 0.4) is 0 Å². The summed E-state index contributed by atoms with van der Waals surface area (Å²) in [5.74, 6) is 0.831. The molecule has 0 amide bonds. The van der Waals surface area contributed by atoms with Gasteiger partial charge in [-0.25, -0.2) is 0 Å². The first-order valence-corrected chi connectivity index (χ1v) is 6.50. The third kappa shape index (κ3) is 3.01. The smallest absolute Gasteiger partial charge is 0.133 e. The van der Waals surface area contributed by atoms with Gasteiger partial charge in [0.25, 0.3) is 0 Å². The molecule has 1 heterocycles. The zero-order chi connectivity index (χ0) is 13.0. The van der Waals surface area contributed by atoms with Crippen LogP contribution in [-0.2, 0) is 0 Å². The highest BCUT2D eigenvalue weighted by atomic mass is 79.9. The summed E-state index contributed by atoms with van der Waals surface area (Å²) in [6.07, 6.45) is 3.61. The Hall–Kier alpha value is -1.55. The van der Waals surface area contributed by atoms with Crippen molar-refractivity contribution in [2.45, 2.75) is 13.0 Å². The highest BCUT2D eigenvalue weighted by molar-refractivity contribution is 9.10. The SMILES string of the molecule is COc1ccc(NC(C)c2ccncc2)cc1Br. The van der Waals surface area contributed by atoms with Crippen molar-refractivity contribution in [3.05, 3.63) is 52.8 Å². The van der Waals surface area contributed by atoms with Crippen molar-refractivity contribution in [3.8, 4) is 5.75 Å². The van der Waals surface area contributed by atoms with Crippen LogP contribution in [0, 0.1) is 0 Å². The van der Waals surface area contributed by atoms with Gasteiger partial charge >= 0.3 is 0 Å². The zero-order valence-corrected chi connectivity index (χ0v) is 11.9. The molecule has 0 bridgehead atoms. The molecular formula is C14H15BrN2O. The fourth-order valence-electron chi connectivity index (χ4n) is 1.74. The number of nitrogens with zero attached hydrogens (tertiary/aromatic N) is 1. The molecule has 18 heavy (non-hydrogen) atoms. The van der Waals surface area contributed by atoms with E-state index in [2.05, 4.69) is 33.2 Å². The molecule has 0 fully saturated rings. The number of ether oxygens (including phenoxy) is 1. The van der Waals surface area contributed by atoms with Crippen molar-refractivity contribution in [1.29, 1.82) is 0 Å².